The maximum Gasteiger partial charge on any atom is 0.274 e. The Kier molecular flexibility index (Phi) is 3.42. The zero-order valence-corrected chi connectivity index (χ0v) is 11.6. The molecule has 0 fully saturated rings. The van der Waals surface area contributed by atoms with Crippen molar-refractivity contribution in [3.8, 4) is 0 Å². The van der Waals surface area contributed by atoms with E-state index in [1.807, 2.05) is 0 Å². The van der Waals surface area contributed by atoms with Gasteiger partial charge < -0.3 is 5.73 Å². The number of hydrogen-bond donors (Lipinski definition) is 2. The predicted molar refractivity (Wildman–Crippen MR) is 71.3 cm³/mol. The molecule has 0 amide bonds. The first-order valence-electron chi connectivity index (χ1n) is 4.76. The Morgan fingerprint density at radius 1 is 1.44 bits per heavy atom. The average molecular weight is 305 g/mol. The molecule has 0 aliphatic heterocycles. The highest BCUT2D eigenvalue weighted by Gasteiger charge is 2.21. The summed E-state index contributed by atoms with van der Waals surface area (Å²) in [5.74, 6) is 0.186. The van der Waals surface area contributed by atoms with Gasteiger partial charge in [-0.1, -0.05) is 22.9 Å². The van der Waals surface area contributed by atoms with E-state index in [1.54, 1.807) is 13.0 Å². The number of nitrogens with one attached hydrogen (secondary N) is 1. The first-order chi connectivity index (χ1) is 8.38. The molecule has 0 atom stereocenters. The number of rotatable bonds is 3. The van der Waals surface area contributed by atoms with E-state index in [1.165, 1.54) is 12.3 Å². The second kappa shape index (κ2) is 4.71. The van der Waals surface area contributed by atoms with E-state index in [-0.39, 0.29) is 15.2 Å². The molecular formula is C9H9ClN4O2S2. The van der Waals surface area contributed by atoms with Crippen molar-refractivity contribution in [2.75, 3.05) is 10.5 Å². The third-order valence-corrected chi connectivity index (χ3v) is 5.16. The number of nitrogen functional groups attached to an aromatic ring is 1. The van der Waals surface area contributed by atoms with Crippen LogP contribution in [0.5, 0.6) is 0 Å². The van der Waals surface area contributed by atoms with Crippen LogP contribution in [0.4, 0.5) is 10.9 Å². The van der Waals surface area contributed by atoms with E-state index in [0.717, 1.165) is 11.3 Å². The highest BCUT2D eigenvalue weighted by Crippen LogP contribution is 2.26. The molecule has 0 saturated heterocycles. The monoisotopic (exact) mass is 304 g/mol. The van der Waals surface area contributed by atoms with Crippen LogP contribution in [0, 0.1) is 6.92 Å². The minimum Gasteiger partial charge on any atom is -0.375 e. The third kappa shape index (κ3) is 2.71. The van der Waals surface area contributed by atoms with Gasteiger partial charge in [-0.15, -0.1) is 0 Å². The molecule has 96 valence electrons. The van der Waals surface area contributed by atoms with Crippen molar-refractivity contribution in [2.24, 2.45) is 0 Å². The lowest BCUT2D eigenvalue weighted by Crippen LogP contribution is -2.13. The number of aryl methyl sites for hydroxylation is 1. The van der Waals surface area contributed by atoms with Gasteiger partial charge in [0.25, 0.3) is 10.0 Å². The van der Waals surface area contributed by atoms with Gasteiger partial charge in [0.1, 0.15) is 5.82 Å². The van der Waals surface area contributed by atoms with E-state index in [0.29, 0.717) is 10.7 Å². The van der Waals surface area contributed by atoms with Crippen molar-refractivity contribution in [1.82, 2.24) is 9.97 Å². The van der Waals surface area contributed by atoms with E-state index < -0.39 is 10.0 Å². The molecule has 0 aliphatic rings. The number of aromatic nitrogens is 2. The summed E-state index contributed by atoms with van der Waals surface area (Å²) in [6.45, 7) is 1.58. The van der Waals surface area contributed by atoms with E-state index in [4.69, 9.17) is 17.3 Å². The largest absolute Gasteiger partial charge is 0.375 e. The lowest BCUT2D eigenvalue weighted by Gasteiger charge is -2.05. The number of halogens is 1. The van der Waals surface area contributed by atoms with Gasteiger partial charge in [0.05, 0.1) is 10.7 Å². The fourth-order valence-corrected chi connectivity index (χ4v) is 3.69. The highest BCUT2D eigenvalue weighted by atomic mass is 35.5. The lowest BCUT2D eigenvalue weighted by molar-refractivity contribution is 0.602. The van der Waals surface area contributed by atoms with Crippen molar-refractivity contribution >= 4 is 43.9 Å². The predicted octanol–water partition coefficient (Wildman–Crippen LogP) is 1.88. The van der Waals surface area contributed by atoms with Crippen molar-refractivity contribution in [3.05, 3.63) is 29.0 Å². The minimum atomic E-state index is -3.72. The zero-order valence-electron chi connectivity index (χ0n) is 9.21. The third-order valence-electron chi connectivity index (χ3n) is 1.98. The van der Waals surface area contributed by atoms with E-state index in [2.05, 4.69) is 14.7 Å². The molecule has 0 unspecified atom stereocenters. The summed E-state index contributed by atoms with van der Waals surface area (Å²) >= 11 is 6.57. The summed E-state index contributed by atoms with van der Waals surface area (Å²) in [5, 5.41) is 0.633. The van der Waals surface area contributed by atoms with Crippen LogP contribution in [-0.2, 0) is 10.0 Å². The van der Waals surface area contributed by atoms with Crippen LogP contribution >= 0.6 is 22.9 Å². The van der Waals surface area contributed by atoms with Crippen LogP contribution in [0.2, 0.25) is 5.02 Å². The zero-order chi connectivity index (χ0) is 13.3. The highest BCUT2D eigenvalue weighted by molar-refractivity contribution is 7.94. The molecule has 2 rings (SSSR count). The van der Waals surface area contributed by atoms with Crippen LogP contribution in [0.15, 0.2) is 22.5 Å². The molecule has 2 heterocycles. The smallest absolute Gasteiger partial charge is 0.274 e. The van der Waals surface area contributed by atoms with Gasteiger partial charge in [-0.05, 0) is 19.1 Å². The van der Waals surface area contributed by atoms with Crippen LogP contribution in [0.3, 0.4) is 0 Å². The maximum atomic E-state index is 12.1. The maximum absolute atomic E-state index is 12.1. The fourth-order valence-electron chi connectivity index (χ4n) is 1.27. The summed E-state index contributed by atoms with van der Waals surface area (Å²) in [7, 11) is -3.72. The lowest BCUT2D eigenvalue weighted by atomic mass is 10.5. The first-order valence-corrected chi connectivity index (χ1v) is 7.43. The molecule has 2 aromatic heterocycles. The normalized spacial score (nSPS) is 11.4. The molecule has 18 heavy (non-hydrogen) atoms. The van der Waals surface area contributed by atoms with Crippen LogP contribution in [-0.4, -0.2) is 18.4 Å². The Labute approximate surface area is 113 Å². The molecule has 3 N–H and O–H groups in total. The summed E-state index contributed by atoms with van der Waals surface area (Å²) < 4.78 is 26.5. The molecule has 0 aromatic carbocycles. The van der Waals surface area contributed by atoms with Crippen molar-refractivity contribution in [1.29, 1.82) is 0 Å². The van der Waals surface area contributed by atoms with Crippen LogP contribution in [0.1, 0.15) is 5.69 Å². The number of hydrogen-bond acceptors (Lipinski definition) is 6. The number of nitrogens with zero attached hydrogens (tertiary/aromatic N) is 2. The number of anilines is 2. The molecule has 9 heteroatoms. The van der Waals surface area contributed by atoms with E-state index in [9.17, 15) is 8.42 Å². The molecule has 6 nitrogen and oxygen atoms in total. The molecular weight excluding hydrogens is 296 g/mol. The van der Waals surface area contributed by atoms with Crippen molar-refractivity contribution in [2.45, 2.75) is 11.1 Å². The van der Waals surface area contributed by atoms with Gasteiger partial charge in [-0.25, -0.2) is 18.4 Å². The summed E-state index contributed by atoms with van der Waals surface area (Å²) in [4.78, 5) is 7.72. The van der Waals surface area contributed by atoms with Crippen molar-refractivity contribution < 1.29 is 8.42 Å². The Morgan fingerprint density at radius 2 is 2.17 bits per heavy atom. The number of pyridine rings is 1. The van der Waals surface area contributed by atoms with Gasteiger partial charge in [0.2, 0.25) is 0 Å². The molecule has 0 bridgehead atoms. The Morgan fingerprint density at radius 3 is 2.67 bits per heavy atom. The Bertz CT molecular complexity index is 666. The summed E-state index contributed by atoms with van der Waals surface area (Å²) in [6.07, 6.45) is 1.35. The molecule has 0 spiro atoms. The van der Waals surface area contributed by atoms with E-state index >= 15 is 0 Å². The Hall–Kier alpha value is -1.38. The first kappa shape index (κ1) is 13.1. The fraction of sp³-hybridized carbons (Fsp3) is 0.111. The molecule has 2 aromatic rings. The van der Waals surface area contributed by atoms with Gasteiger partial charge in [-0.3, -0.25) is 4.72 Å². The quantitative estimate of drug-likeness (QED) is 0.902. The van der Waals surface area contributed by atoms with Gasteiger partial charge in [-0.2, -0.15) is 0 Å². The van der Waals surface area contributed by atoms with Crippen LogP contribution in [0.25, 0.3) is 0 Å². The summed E-state index contributed by atoms with van der Waals surface area (Å²) in [6, 6.07) is 3.01. The SMILES string of the molecule is Cc1nc(N)sc1S(=O)(=O)Nc1ccc(Cl)cn1. The number of sulfonamides is 1. The standard InChI is InChI=1S/C9H9ClN4O2S2/c1-5-8(17-9(11)13-5)18(15,16)14-7-3-2-6(10)4-12-7/h2-4H,1H3,(H2,11,13)(H,12,14). The topological polar surface area (TPSA) is 98.0 Å². The van der Waals surface area contributed by atoms with Gasteiger partial charge >= 0.3 is 0 Å². The van der Waals surface area contributed by atoms with Gasteiger partial charge in [0.15, 0.2) is 9.34 Å². The molecule has 0 aliphatic carbocycles. The number of nitrogens with two attached hydrogens (primary N) is 1. The van der Waals surface area contributed by atoms with Crippen LogP contribution < -0.4 is 10.5 Å². The Balaban J connectivity index is 2.33. The van der Waals surface area contributed by atoms with Crippen molar-refractivity contribution in [3.63, 3.8) is 0 Å². The summed E-state index contributed by atoms with van der Waals surface area (Å²) in [5.41, 5.74) is 5.83. The second-order valence-electron chi connectivity index (χ2n) is 3.39. The molecule has 0 saturated carbocycles. The van der Waals surface area contributed by atoms with Gasteiger partial charge in [0, 0.05) is 6.20 Å². The molecule has 0 radical (unpaired) electrons. The second-order valence-corrected chi connectivity index (χ2v) is 6.74. The average Bonchev–Trinajstić information content (AvgIpc) is 2.62. The number of thiazole rings is 1. The minimum absolute atomic E-state index is 0.0803.